The first-order valence-electron chi connectivity index (χ1n) is 9.90. The Morgan fingerprint density at radius 3 is 2.79 bits per heavy atom. The van der Waals surface area contributed by atoms with Crippen LogP contribution in [0.3, 0.4) is 0 Å². The summed E-state index contributed by atoms with van der Waals surface area (Å²) in [6.45, 7) is 3.57. The quantitative estimate of drug-likeness (QED) is 0.851. The van der Waals surface area contributed by atoms with E-state index in [-0.39, 0.29) is 23.7 Å². The van der Waals surface area contributed by atoms with Crippen LogP contribution in [0.2, 0.25) is 0 Å². The van der Waals surface area contributed by atoms with Crippen molar-refractivity contribution in [2.24, 2.45) is 0 Å². The number of halogens is 1. The van der Waals surface area contributed by atoms with Crippen LogP contribution in [0.5, 0.6) is 5.75 Å². The minimum Gasteiger partial charge on any atom is -0.494 e. The standard InChI is InChI=1S/C22H24FN3O3/c1-3-25-18-12-14(21(27)24-15-8-10-19(29-2)17(23)13-15)7-9-16(18)22(28)26-11-5-4-6-20(25)26/h7-10,12-13,20H,3-6,11H2,1-2H3,(H,24,27)/t20-/m0/s1. The molecular formula is C22H24FN3O3. The third kappa shape index (κ3) is 3.41. The van der Waals surface area contributed by atoms with Gasteiger partial charge in [-0.2, -0.15) is 0 Å². The lowest BCUT2D eigenvalue weighted by Crippen LogP contribution is -2.57. The number of amides is 2. The highest BCUT2D eigenvalue weighted by atomic mass is 19.1. The molecule has 2 heterocycles. The molecule has 0 unspecified atom stereocenters. The highest BCUT2D eigenvalue weighted by Gasteiger charge is 2.38. The molecule has 0 bridgehead atoms. The molecule has 0 spiro atoms. The van der Waals surface area contributed by atoms with Crippen LogP contribution in [0, 0.1) is 5.82 Å². The zero-order valence-electron chi connectivity index (χ0n) is 16.6. The van der Waals surface area contributed by atoms with E-state index in [0.29, 0.717) is 16.8 Å². The van der Waals surface area contributed by atoms with Crippen LogP contribution in [0.1, 0.15) is 46.9 Å². The lowest BCUT2D eigenvalue weighted by molar-refractivity contribution is 0.0582. The monoisotopic (exact) mass is 397 g/mol. The van der Waals surface area contributed by atoms with Crippen molar-refractivity contribution < 1.29 is 18.7 Å². The topological polar surface area (TPSA) is 61.9 Å². The number of piperidine rings is 1. The number of nitrogens with one attached hydrogen (secondary N) is 1. The zero-order valence-corrected chi connectivity index (χ0v) is 16.6. The first-order valence-corrected chi connectivity index (χ1v) is 9.90. The van der Waals surface area contributed by atoms with E-state index in [4.69, 9.17) is 4.74 Å². The summed E-state index contributed by atoms with van der Waals surface area (Å²) in [7, 11) is 1.39. The maximum Gasteiger partial charge on any atom is 0.257 e. The third-order valence-electron chi connectivity index (χ3n) is 5.64. The number of carbonyl (C=O) groups is 2. The summed E-state index contributed by atoms with van der Waals surface area (Å²) >= 11 is 0. The molecule has 29 heavy (non-hydrogen) atoms. The van der Waals surface area contributed by atoms with Crippen LogP contribution in [-0.4, -0.2) is 43.1 Å². The van der Waals surface area contributed by atoms with E-state index in [9.17, 15) is 14.0 Å². The second-order valence-corrected chi connectivity index (χ2v) is 7.30. The maximum atomic E-state index is 13.9. The lowest BCUT2D eigenvalue weighted by Gasteiger charge is -2.47. The Kier molecular flexibility index (Phi) is 5.13. The van der Waals surface area contributed by atoms with Gasteiger partial charge in [0, 0.05) is 30.4 Å². The number of hydrogen-bond acceptors (Lipinski definition) is 4. The third-order valence-corrected chi connectivity index (χ3v) is 5.64. The average Bonchev–Trinajstić information content (AvgIpc) is 2.74. The summed E-state index contributed by atoms with van der Waals surface area (Å²) in [5.41, 5.74) is 2.18. The van der Waals surface area contributed by atoms with Crippen molar-refractivity contribution >= 4 is 23.2 Å². The molecule has 2 aliphatic heterocycles. The highest BCUT2D eigenvalue weighted by molar-refractivity contribution is 6.08. The number of anilines is 2. The minimum absolute atomic E-state index is 0.0265. The Labute approximate surface area is 169 Å². The lowest BCUT2D eigenvalue weighted by atomic mass is 9.97. The van der Waals surface area contributed by atoms with Gasteiger partial charge in [0.2, 0.25) is 0 Å². The number of fused-ring (bicyclic) bond motifs is 2. The Morgan fingerprint density at radius 1 is 1.24 bits per heavy atom. The fourth-order valence-electron chi connectivity index (χ4n) is 4.21. The Morgan fingerprint density at radius 2 is 2.07 bits per heavy atom. The van der Waals surface area contributed by atoms with Crippen molar-refractivity contribution in [3.05, 3.63) is 53.3 Å². The SMILES string of the molecule is CCN1c2cc(C(=O)Nc3ccc(OC)c(F)c3)ccc2C(=O)N2CCCC[C@H]21. The first-order chi connectivity index (χ1) is 14.0. The van der Waals surface area contributed by atoms with Gasteiger partial charge >= 0.3 is 0 Å². The fraction of sp³-hybridized carbons (Fsp3) is 0.364. The Balaban J connectivity index is 1.62. The minimum atomic E-state index is -0.545. The van der Waals surface area contributed by atoms with Gasteiger partial charge in [-0.3, -0.25) is 9.59 Å². The molecule has 2 aliphatic rings. The molecular weight excluding hydrogens is 373 g/mol. The smallest absolute Gasteiger partial charge is 0.257 e. The molecule has 2 aromatic rings. The molecule has 4 rings (SSSR count). The number of benzene rings is 2. The van der Waals surface area contributed by atoms with E-state index < -0.39 is 5.82 Å². The predicted molar refractivity (Wildman–Crippen MR) is 109 cm³/mol. The van der Waals surface area contributed by atoms with E-state index in [2.05, 4.69) is 17.1 Å². The van der Waals surface area contributed by atoms with Crippen LogP contribution in [-0.2, 0) is 0 Å². The van der Waals surface area contributed by atoms with Crippen LogP contribution in [0.15, 0.2) is 36.4 Å². The summed E-state index contributed by atoms with van der Waals surface area (Å²) in [6, 6.07) is 9.39. The summed E-state index contributed by atoms with van der Waals surface area (Å²) in [6.07, 6.45) is 3.08. The number of nitrogens with zero attached hydrogens (tertiary/aromatic N) is 2. The summed E-state index contributed by atoms with van der Waals surface area (Å²) in [4.78, 5) is 29.8. The number of rotatable bonds is 4. The molecule has 0 aromatic heterocycles. The molecule has 7 heteroatoms. The molecule has 1 saturated heterocycles. The molecule has 2 aromatic carbocycles. The van der Waals surface area contributed by atoms with Gasteiger partial charge in [0.15, 0.2) is 11.6 Å². The first kappa shape index (κ1) is 19.2. The second-order valence-electron chi connectivity index (χ2n) is 7.30. The number of methoxy groups -OCH3 is 1. The van der Waals surface area contributed by atoms with Gasteiger partial charge in [-0.25, -0.2) is 4.39 Å². The summed E-state index contributed by atoms with van der Waals surface area (Å²) in [5, 5.41) is 2.71. The maximum absolute atomic E-state index is 13.9. The molecule has 0 saturated carbocycles. The average molecular weight is 397 g/mol. The zero-order chi connectivity index (χ0) is 20.5. The number of hydrogen-bond donors (Lipinski definition) is 1. The molecule has 2 amide bonds. The highest BCUT2D eigenvalue weighted by Crippen LogP contribution is 2.36. The predicted octanol–water partition coefficient (Wildman–Crippen LogP) is 3.88. The van der Waals surface area contributed by atoms with Crippen molar-refractivity contribution in [2.75, 3.05) is 30.4 Å². The molecule has 0 radical (unpaired) electrons. The van der Waals surface area contributed by atoms with E-state index in [1.807, 2.05) is 4.90 Å². The van der Waals surface area contributed by atoms with Gasteiger partial charge in [0.05, 0.1) is 18.4 Å². The van der Waals surface area contributed by atoms with Crippen molar-refractivity contribution in [1.82, 2.24) is 4.90 Å². The van der Waals surface area contributed by atoms with E-state index >= 15 is 0 Å². The summed E-state index contributed by atoms with van der Waals surface area (Å²) in [5.74, 6) is -0.757. The Hall–Kier alpha value is -3.09. The Bertz CT molecular complexity index is 962. The molecule has 1 fully saturated rings. The molecule has 152 valence electrons. The van der Waals surface area contributed by atoms with E-state index in [1.54, 1.807) is 24.3 Å². The molecule has 0 aliphatic carbocycles. The largest absolute Gasteiger partial charge is 0.494 e. The molecule has 1 atom stereocenters. The van der Waals surface area contributed by atoms with Gasteiger partial charge in [0.1, 0.15) is 6.17 Å². The fourth-order valence-corrected chi connectivity index (χ4v) is 4.21. The van der Waals surface area contributed by atoms with E-state index in [0.717, 1.165) is 38.0 Å². The summed E-state index contributed by atoms with van der Waals surface area (Å²) < 4.78 is 18.8. The van der Waals surface area contributed by atoms with Crippen molar-refractivity contribution in [3.8, 4) is 5.75 Å². The number of ether oxygens (including phenoxy) is 1. The van der Waals surface area contributed by atoms with Crippen LogP contribution >= 0.6 is 0 Å². The van der Waals surface area contributed by atoms with Crippen molar-refractivity contribution in [2.45, 2.75) is 32.4 Å². The van der Waals surface area contributed by atoms with Gasteiger partial charge in [-0.15, -0.1) is 0 Å². The van der Waals surface area contributed by atoms with Crippen molar-refractivity contribution in [3.63, 3.8) is 0 Å². The van der Waals surface area contributed by atoms with Crippen LogP contribution < -0.4 is 15.0 Å². The van der Waals surface area contributed by atoms with Gasteiger partial charge in [0.25, 0.3) is 11.8 Å². The van der Waals surface area contributed by atoms with Crippen molar-refractivity contribution in [1.29, 1.82) is 0 Å². The van der Waals surface area contributed by atoms with Gasteiger partial charge < -0.3 is 19.9 Å². The second kappa shape index (κ2) is 7.73. The molecule has 1 N–H and O–H groups in total. The van der Waals surface area contributed by atoms with E-state index in [1.165, 1.54) is 19.2 Å². The van der Waals surface area contributed by atoms with Gasteiger partial charge in [-0.05, 0) is 56.5 Å². The molecule has 6 nitrogen and oxygen atoms in total. The van der Waals surface area contributed by atoms with Crippen LogP contribution in [0.25, 0.3) is 0 Å². The number of carbonyl (C=O) groups excluding carboxylic acids is 2. The van der Waals surface area contributed by atoms with Gasteiger partial charge in [-0.1, -0.05) is 0 Å². The normalized spacial score (nSPS) is 18.2. The van der Waals surface area contributed by atoms with Crippen LogP contribution in [0.4, 0.5) is 15.8 Å².